The molecule has 7 heteroatoms. The van der Waals surface area contributed by atoms with Crippen molar-refractivity contribution in [1.29, 1.82) is 0 Å². The quantitative estimate of drug-likeness (QED) is 0.340. The predicted octanol–water partition coefficient (Wildman–Crippen LogP) is 4.12. The van der Waals surface area contributed by atoms with Crippen molar-refractivity contribution in [1.82, 2.24) is 15.6 Å². The van der Waals surface area contributed by atoms with Gasteiger partial charge in [0.2, 0.25) is 0 Å². The number of pyridine rings is 1. The normalized spacial score (nSPS) is 11.9. The Kier molecular flexibility index (Phi) is 9.66. The van der Waals surface area contributed by atoms with Gasteiger partial charge in [0.05, 0.1) is 12.1 Å². The monoisotopic (exact) mass is 501 g/mol. The maximum Gasteiger partial charge on any atom is 0.191 e. The molecule has 150 valence electrons. The molecule has 0 aliphatic carbocycles. The highest BCUT2D eigenvalue weighted by Gasteiger charge is 2.16. The third-order valence-electron chi connectivity index (χ3n) is 4.23. The van der Waals surface area contributed by atoms with E-state index in [0.717, 1.165) is 35.8 Å². The fourth-order valence-electron chi connectivity index (χ4n) is 2.47. The van der Waals surface area contributed by atoms with Gasteiger partial charge < -0.3 is 15.5 Å². The number of fused-ring (bicyclic) bond motifs is 1. The molecular weight excluding hydrogens is 469 g/mol. The molecule has 2 N–H and O–H groups in total. The van der Waals surface area contributed by atoms with E-state index in [2.05, 4.69) is 61.9 Å². The van der Waals surface area contributed by atoms with Crippen LogP contribution in [-0.2, 0) is 6.54 Å². The van der Waals surface area contributed by atoms with Crippen molar-refractivity contribution in [2.45, 2.75) is 32.1 Å². The Morgan fingerprint density at radius 2 is 1.93 bits per heavy atom. The summed E-state index contributed by atoms with van der Waals surface area (Å²) in [6, 6.07) is 10.4. The van der Waals surface area contributed by atoms with E-state index in [1.807, 2.05) is 36.8 Å². The summed E-state index contributed by atoms with van der Waals surface area (Å²) in [5.41, 5.74) is 2.19. The number of guanidine groups is 1. The van der Waals surface area contributed by atoms with E-state index in [1.54, 1.807) is 0 Å². The first-order valence-electron chi connectivity index (χ1n) is 8.99. The van der Waals surface area contributed by atoms with Crippen molar-refractivity contribution in [2.24, 2.45) is 4.99 Å². The lowest BCUT2D eigenvalue weighted by Gasteiger charge is -2.23. The Bertz CT molecular complexity index is 761. The number of aromatic nitrogens is 1. The molecule has 2 rings (SSSR count). The van der Waals surface area contributed by atoms with E-state index in [1.165, 1.54) is 5.56 Å². The van der Waals surface area contributed by atoms with E-state index < -0.39 is 0 Å². The van der Waals surface area contributed by atoms with E-state index in [4.69, 9.17) is 9.98 Å². The first-order valence-corrected chi connectivity index (χ1v) is 10.2. The standard InChI is InChI=1S/C20H31N5S.HI/c1-7-21-19(23-14-20(2,3)26-6)22-13-15-12-18(25(4)5)24-17-11-9-8-10-16(15)17;/h8-12H,7,13-14H2,1-6H3,(H2,21,22,23);1H. The molecule has 0 aliphatic rings. The molecule has 1 heterocycles. The van der Waals surface area contributed by atoms with Gasteiger partial charge in [0.1, 0.15) is 5.82 Å². The van der Waals surface area contributed by atoms with E-state index >= 15 is 0 Å². The van der Waals surface area contributed by atoms with Gasteiger partial charge in [0, 0.05) is 37.3 Å². The van der Waals surface area contributed by atoms with Crippen molar-refractivity contribution in [3.8, 4) is 0 Å². The Hall–Kier alpha value is -1.22. The van der Waals surface area contributed by atoms with Crippen molar-refractivity contribution in [2.75, 3.05) is 38.3 Å². The van der Waals surface area contributed by atoms with E-state index in [9.17, 15) is 0 Å². The average Bonchev–Trinajstić information content (AvgIpc) is 2.63. The zero-order valence-electron chi connectivity index (χ0n) is 17.2. The molecule has 0 bridgehead atoms. The summed E-state index contributed by atoms with van der Waals surface area (Å²) in [7, 11) is 4.03. The highest BCUT2D eigenvalue weighted by molar-refractivity contribution is 14.0. The van der Waals surface area contributed by atoms with E-state index in [-0.39, 0.29) is 28.7 Å². The van der Waals surface area contributed by atoms with Gasteiger partial charge in [-0.15, -0.1) is 24.0 Å². The number of nitrogens with one attached hydrogen (secondary N) is 2. The fraction of sp³-hybridized carbons (Fsp3) is 0.500. The number of halogens is 1. The number of benzene rings is 1. The van der Waals surface area contributed by atoms with Crippen LogP contribution in [0.2, 0.25) is 0 Å². The molecular formula is C20H32IN5S. The molecule has 1 aromatic heterocycles. The van der Waals surface area contributed by atoms with Crippen molar-refractivity contribution >= 4 is 58.4 Å². The second-order valence-corrected chi connectivity index (χ2v) is 8.58. The number of hydrogen-bond acceptors (Lipinski definition) is 4. The van der Waals surface area contributed by atoms with Crippen molar-refractivity contribution in [3.63, 3.8) is 0 Å². The molecule has 0 aliphatic heterocycles. The molecule has 0 saturated carbocycles. The minimum absolute atomic E-state index is 0. The van der Waals surface area contributed by atoms with Crippen LogP contribution >= 0.6 is 35.7 Å². The number of anilines is 1. The van der Waals surface area contributed by atoms with Gasteiger partial charge in [-0.05, 0) is 44.7 Å². The minimum Gasteiger partial charge on any atom is -0.363 e. The van der Waals surface area contributed by atoms with Crippen LogP contribution in [-0.4, -0.2) is 49.1 Å². The highest BCUT2D eigenvalue weighted by atomic mass is 127. The first-order chi connectivity index (χ1) is 12.4. The van der Waals surface area contributed by atoms with Gasteiger partial charge in [-0.1, -0.05) is 18.2 Å². The Morgan fingerprint density at radius 3 is 2.56 bits per heavy atom. The van der Waals surface area contributed by atoms with Crippen LogP contribution < -0.4 is 15.5 Å². The zero-order chi connectivity index (χ0) is 19.2. The number of thioether (sulfide) groups is 1. The number of nitrogens with zero attached hydrogens (tertiary/aromatic N) is 3. The largest absolute Gasteiger partial charge is 0.363 e. The predicted molar refractivity (Wildman–Crippen MR) is 132 cm³/mol. The van der Waals surface area contributed by atoms with Gasteiger partial charge in [0.25, 0.3) is 0 Å². The average molecular weight is 501 g/mol. The molecule has 2 aromatic rings. The molecule has 5 nitrogen and oxygen atoms in total. The topological polar surface area (TPSA) is 52.6 Å². The maximum absolute atomic E-state index is 4.81. The number of aliphatic imine (C=N–C) groups is 1. The summed E-state index contributed by atoms with van der Waals surface area (Å²) in [4.78, 5) is 11.6. The minimum atomic E-state index is 0. The Morgan fingerprint density at radius 1 is 1.22 bits per heavy atom. The van der Waals surface area contributed by atoms with Gasteiger partial charge >= 0.3 is 0 Å². The third-order valence-corrected chi connectivity index (χ3v) is 5.48. The Balaban J connectivity index is 0.00000364. The van der Waals surface area contributed by atoms with Gasteiger partial charge in [0.15, 0.2) is 5.96 Å². The van der Waals surface area contributed by atoms with Crippen LogP contribution in [0.15, 0.2) is 35.3 Å². The zero-order valence-corrected chi connectivity index (χ0v) is 20.3. The van der Waals surface area contributed by atoms with Crippen LogP contribution in [0.25, 0.3) is 10.9 Å². The summed E-state index contributed by atoms with van der Waals surface area (Å²) >= 11 is 1.85. The highest BCUT2D eigenvalue weighted by Crippen LogP contribution is 2.23. The molecule has 0 spiro atoms. The number of para-hydroxylation sites is 1. The lowest BCUT2D eigenvalue weighted by Crippen LogP contribution is -2.43. The summed E-state index contributed by atoms with van der Waals surface area (Å²) in [6.07, 6.45) is 2.14. The van der Waals surface area contributed by atoms with Crippen molar-refractivity contribution < 1.29 is 0 Å². The summed E-state index contributed by atoms with van der Waals surface area (Å²) in [5.74, 6) is 1.80. The molecule has 27 heavy (non-hydrogen) atoms. The molecule has 0 fully saturated rings. The smallest absolute Gasteiger partial charge is 0.191 e. The fourth-order valence-corrected chi connectivity index (χ4v) is 2.68. The number of rotatable bonds is 7. The van der Waals surface area contributed by atoms with Crippen LogP contribution in [0.5, 0.6) is 0 Å². The van der Waals surface area contributed by atoms with Gasteiger partial charge in [-0.25, -0.2) is 9.98 Å². The Labute approximate surface area is 184 Å². The van der Waals surface area contributed by atoms with Crippen LogP contribution in [0.3, 0.4) is 0 Å². The molecule has 0 unspecified atom stereocenters. The number of hydrogen-bond donors (Lipinski definition) is 2. The molecule has 0 amide bonds. The summed E-state index contributed by atoms with van der Waals surface area (Å²) < 4.78 is 0.164. The van der Waals surface area contributed by atoms with Crippen molar-refractivity contribution in [3.05, 3.63) is 35.9 Å². The lowest BCUT2D eigenvalue weighted by molar-refractivity contribution is 0.665. The maximum atomic E-state index is 4.81. The second kappa shape index (κ2) is 10.9. The van der Waals surface area contributed by atoms with Crippen LogP contribution in [0.1, 0.15) is 26.3 Å². The SMILES string of the molecule is CCNC(=NCc1cc(N(C)C)nc2ccccc12)NCC(C)(C)SC.I. The van der Waals surface area contributed by atoms with Gasteiger partial charge in [-0.3, -0.25) is 0 Å². The molecule has 0 radical (unpaired) electrons. The third kappa shape index (κ3) is 7.03. The summed E-state index contributed by atoms with van der Waals surface area (Å²) in [6.45, 7) is 8.86. The summed E-state index contributed by atoms with van der Waals surface area (Å²) in [5, 5.41) is 7.95. The van der Waals surface area contributed by atoms with Crippen LogP contribution in [0.4, 0.5) is 5.82 Å². The van der Waals surface area contributed by atoms with E-state index in [0.29, 0.717) is 6.54 Å². The molecule has 0 saturated heterocycles. The first kappa shape index (κ1) is 23.8. The second-order valence-electron chi connectivity index (χ2n) is 7.06. The molecule has 0 atom stereocenters. The molecule has 1 aromatic carbocycles. The lowest BCUT2D eigenvalue weighted by atomic mass is 10.1. The van der Waals surface area contributed by atoms with Crippen LogP contribution in [0, 0.1) is 0 Å². The van der Waals surface area contributed by atoms with Gasteiger partial charge in [-0.2, -0.15) is 11.8 Å².